The number of hydrogen-bond acceptors (Lipinski definition) is 2. The van der Waals surface area contributed by atoms with Crippen LogP contribution in [-0.2, 0) is 9.59 Å². The van der Waals surface area contributed by atoms with Crippen LogP contribution in [0.2, 0.25) is 10.0 Å². The molecule has 0 aliphatic carbocycles. The summed E-state index contributed by atoms with van der Waals surface area (Å²) < 4.78 is 0. The van der Waals surface area contributed by atoms with E-state index in [1.54, 1.807) is 36.9 Å². The SMILES string of the molecule is C[C@H]([NH2+]CC(=O)N1c2ccccc2NC(=O)C1(C)C)c1ccc(Cl)cc1Cl. The number of rotatable bonds is 4. The largest absolute Gasteiger partial charge is 0.332 e. The molecule has 0 spiro atoms. The molecular formula is C20H22Cl2N3O2+. The monoisotopic (exact) mass is 406 g/mol. The molecule has 1 aliphatic heterocycles. The van der Waals surface area contributed by atoms with Gasteiger partial charge in [0.1, 0.15) is 11.6 Å². The van der Waals surface area contributed by atoms with E-state index >= 15 is 0 Å². The van der Waals surface area contributed by atoms with Crippen LogP contribution in [0, 0.1) is 0 Å². The van der Waals surface area contributed by atoms with Gasteiger partial charge in [-0.1, -0.05) is 41.4 Å². The van der Waals surface area contributed by atoms with E-state index in [4.69, 9.17) is 23.2 Å². The quantitative estimate of drug-likeness (QED) is 0.816. The number of benzene rings is 2. The lowest BCUT2D eigenvalue weighted by Crippen LogP contribution is -2.87. The van der Waals surface area contributed by atoms with Crippen molar-refractivity contribution in [1.82, 2.24) is 0 Å². The highest BCUT2D eigenvalue weighted by molar-refractivity contribution is 6.35. The zero-order valence-electron chi connectivity index (χ0n) is 15.4. The van der Waals surface area contributed by atoms with E-state index in [1.807, 2.05) is 36.5 Å². The van der Waals surface area contributed by atoms with Gasteiger partial charge in [-0.05, 0) is 45.0 Å². The fourth-order valence-corrected chi connectivity index (χ4v) is 3.85. The molecule has 7 heteroatoms. The topological polar surface area (TPSA) is 66.0 Å². The van der Waals surface area contributed by atoms with Crippen molar-refractivity contribution in [3.63, 3.8) is 0 Å². The summed E-state index contributed by atoms with van der Waals surface area (Å²) in [6.07, 6.45) is 0. The van der Waals surface area contributed by atoms with Gasteiger partial charge in [-0.25, -0.2) is 0 Å². The van der Waals surface area contributed by atoms with Gasteiger partial charge in [0.15, 0.2) is 6.54 Å². The minimum atomic E-state index is -0.972. The number of halogens is 2. The molecule has 2 amide bonds. The van der Waals surface area contributed by atoms with E-state index in [0.717, 1.165) is 5.56 Å². The van der Waals surface area contributed by atoms with E-state index in [9.17, 15) is 9.59 Å². The molecule has 0 unspecified atom stereocenters. The molecule has 1 heterocycles. The van der Waals surface area contributed by atoms with Crippen molar-refractivity contribution < 1.29 is 14.9 Å². The fraction of sp³-hybridized carbons (Fsp3) is 0.300. The Kier molecular flexibility index (Phi) is 5.47. The molecule has 142 valence electrons. The first-order valence-electron chi connectivity index (χ1n) is 8.73. The highest BCUT2D eigenvalue weighted by atomic mass is 35.5. The molecule has 1 aliphatic rings. The van der Waals surface area contributed by atoms with E-state index in [-0.39, 0.29) is 24.4 Å². The van der Waals surface area contributed by atoms with Crippen LogP contribution < -0.4 is 15.5 Å². The Morgan fingerprint density at radius 2 is 1.93 bits per heavy atom. The van der Waals surface area contributed by atoms with Gasteiger partial charge >= 0.3 is 0 Å². The highest BCUT2D eigenvalue weighted by Crippen LogP contribution is 2.36. The molecule has 1 atom stereocenters. The van der Waals surface area contributed by atoms with Gasteiger partial charge in [-0.3, -0.25) is 14.5 Å². The number of nitrogens with zero attached hydrogens (tertiary/aromatic N) is 1. The molecule has 2 aromatic rings. The Bertz CT molecular complexity index is 899. The second-order valence-electron chi connectivity index (χ2n) is 7.15. The average molecular weight is 407 g/mol. The summed E-state index contributed by atoms with van der Waals surface area (Å²) in [5.74, 6) is -0.345. The fourth-order valence-electron chi connectivity index (χ4n) is 3.26. The molecule has 0 bridgehead atoms. The summed E-state index contributed by atoms with van der Waals surface area (Å²) in [7, 11) is 0. The van der Waals surface area contributed by atoms with Crippen molar-refractivity contribution in [1.29, 1.82) is 0 Å². The Hall–Kier alpha value is -2.08. The number of para-hydroxylation sites is 2. The van der Waals surface area contributed by atoms with Crippen LogP contribution in [0.1, 0.15) is 32.4 Å². The van der Waals surface area contributed by atoms with E-state index in [0.29, 0.717) is 21.4 Å². The molecule has 3 rings (SSSR count). The number of hydrogen-bond donors (Lipinski definition) is 2. The maximum atomic E-state index is 13.1. The van der Waals surface area contributed by atoms with Gasteiger partial charge in [-0.2, -0.15) is 0 Å². The highest BCUT2D eigenvalue weighted by Gasteiger charge is 2.43. The van der Waals surface area contributed by atoms with E-state index in [1.165, 1.54) is 0 Å². The molecule has 0 saturated heterocycles. The second kappa shape index (κ2) is 7.50. The summed E-state index contributed by atoms with van der Waals surface area (Å²) in [5, 5.41) is 5.92. The third-order valence-corrected chi connectivity index (χ3v) is 5.42. The number of nitrogens with two attached hydrogens (primary N) is 1. The van der Waals surface area contributed by atoms with Crippen LogP contribution in [0.15, 0.2) is 42.5 Å². The van der Waals surface area contributed by atoms with Gasteiger partial charge in [0.05, 0.1) is 16.4 Å². The van der Waals surface area contributed by atoms with E-state index in [2.05, 4.69) is 5.32 Å². The van der Waals surface area contributed by atoms with Crippen molar-refractivity contribution in [2.45, 2.75) is 32.4 Å². The van der Waals surface area contributed by atoms with E-state index < -0.39 is 5.54 Å². The first-order chi connectivity index (χ1) is 12.7. The van der Waals surface area contributed by atoms with Crippen molar-refractivity contribution in [3.05, 3.63) is 58.1 Å². The molecule has 0 radical (unpaired) electrons. The average Bonchev–Trinajstić information content (AvgIpc) is 2.60. The molecule has 27 heavy (non-hydrogen) atoms. The van der Waals surface area contributed by atoms with Crippen LogP contribution in [0.25, 0.3) is 0 Å². The maximum absolute atomic E-state index is 13.1. The molecule has 0 fully saturated rings. The first-order valence-corrected chi connectivity index (χ1v) is 9.49. The number of quaternary nitrogens is 1. The lowest BCUT2D eigenvalue weighted by atomic mass is 9.96. The Morgan fingerprint density at radius 1 is 1.22 bits per heavy atom. The number of carbonyl (C=O) groups excluding carboxylic acids is 2. The van der Waals surface area contributed by atoms with Gasteiger partial charge in [0, 0.05) is 10.6 Å². The Morgan fingerprint density at radius 3 is 2.63 bits per heavy atom. The van der Waals surface area contributed by atoms with Crippen molar-refractivity contribution in [3.8, 4) is 0 Å². The lowest BCUT2D eigenvalue weighted by molar-refractivity contribution is -0.682. The number of fused-ring (bicyclic) bond motifs is 1. The van der Waals surface area contributed by atoms with Crippen LogP contribution in [-0.4, -0.2) is 23.9 Å². The predicted molar refractivity (Wildman–Crippen MR) is 108 cm³/mol. The van der Waals surface area contributed by atoms with Crippen molar-refractivity contribution in [2.24, 2.45) is 0 Å². The summed E-state index contributed by atoms with van der Waals surface area (Å²) in [6.45, 7) is 5.65. The zero-order chi connectivity index (χ0) is 19.8. The summed E-state index contributed by atoms with van der Waals surface area (Å²) >= 11 is 12.2. The molecule has 0 saturated carbocycles. The third kappa shape index (κ3) is 3.81. The van der Waals surface area contributed by atoms with Gasteiger partial charge < -0.3 is 10.6 Å². The second-order valence-corrected chi connectivity index (χ2v) is 8.00. The smallest absolute Gasteiger partial charge is 0.283 e. The third-order valence-electron chi connectivity index (χ3n) is 4.86. The van der Waals surface area contributed by atoms with Crippen molar-refractivity contribution >= 4 is 46.4 Å². The van der Waals surface area contributed by atoms with Gasteiger partial charge in [0.2, 0.25) is 5.91 Å². The lowest BCUT2D eigenvalue weighted by Gasteiger charge is -2.41. The summed E-state index contributed by atoms with van der Waals surface area (Å²) in [5.41, 5.74) is 1.28. The first kappa shape index (κ1) is 19.7. The molecule has 5 nitrogen and oxygen atoms in total. The van der Waals surface area contributed by atoms with Crippen LogP contribution in [0.4, 0.5) is 11.4 Å². The number of carbonyl (C=O) groups is 2. The van der Waals surface area contributed by atoms with Crippen LogP contribution in [0.5, 0.6) is 0 Å². The van der Waals surface area contributed by atoms with Gasteiger partial charge in [-0.15, -0.1) is 0 Å². The summed E-state index contributed by atoms with van der Waals surface area (Å²) in [4.78, 5) is 27.1. The number of nitrogens with one attached hydrogen (secondary N) is 1. The molecule has 3 N–H and O–H groups in total. The predicted octanol–water partition coefficient (Wildman–Crippen LogP) is 3.38. The number of amides is 2. The molecule has 2 aromatic carbocycles. The minimum Gasteiger partial charge on any atom is -0.332 e. The van der Waals surface area contributed by atoms with Gasteiger partial charge in [0.25, 0.3) is 5.91 Å². The Labute approximate surface area is 168 Å². The maximum Gasteiger partial charge on any atom is 0.283 e. The van der Waals surface area contributed by atoms with Crippen LogP contribution in [0.3, 0.4) is 0 Å². The summed E-state index contributed by atoms with van der Waals surface area (Å²) in [6, 6.07) is 12.6. The minimum absolute atomic E-state index is 0.0318. The number of anilines is 2. The molecule has 0 aromatic heterocycles. The van der Waals surface area contributed by atoms with Crippen molar-refractivity contribution in [2.75, 3.05) is 16.8 Å². The Balaban J connectivity index is 1.80. The normalized spacial score (nSPS) is 16.5. The molecular weight excluding hydrogens is 385 g/mol. The van der Waals surface area contributed by atoms with Crippen LogP contribution >= 0.6 is 23.2 Å². The zero-order valence-corrected chi connectivity index (χ0v) is 16.9. The standard InChI is InChI=1S/C20H21Cl2N3O2/c1-12(14-9-8-13(21)10-15(14)22)23-11-18(26)25-17-7-5-4-6-16(17)24-19(27)20(25,2)3/h4-10,12,23H,11H2,1-3H3,(H,24,27)/p+1/t12-/m0/s1.